The predicted molar refractivity (Wildman–Crippen MR) is 129 cm³/mol. The minimum Gasteiger partial charge on any atom is -0.353 e. The number of fused-ring (bicyclic) bond motifs is 2. The molecule has 4 aromatic rings. The molecule has 0 spiro atoms. The molecule has 1 N–H and O–H groups in total. The Bertz CT molecular complexity index is 1200. The van der Waals surface area contributed by atoms with Gasteiger partial charge in [-0.25, -0.2) is 4.79 Å². The Hall–Kier alpha value is -2.64. The molecule has 31 heavy (non-hydrogen) atoms. The van der Waals surface area contributed by atoms with Gasteiger partial charge in [-0.05, 0) is 55.2 Å². The summed E-state index contributed by atoms with van der Waals surface area (Å²) in [6.45, 7) is 6.28. The molecule has 1 aliphatic heterocycles. The molecule has 1 saturated heterocycles. The Morgan fingerprint density at radius 3 is 2.48 bits per heavy atom. The summed E-state index contributed by atoms with van der Waals surface area (Å²) in [5.74, 6) is 1.16. The van der Waals surface area contributed by atoms with Crippen molar-refractivity contribution < 1.29 is 0 Å². The average molecular weight is 436 g/mol. The van der Waals surface area contributed by atoms with Crippen LogP contribution in [-0.4, -0.2) is 51.5 Å². The summed E-state index contributed by atoms with van der Waals surface area (Å²) in [5, 5.41) is 1.29. The largest absolute Gasteiger partial charge is 0.353 e. The van der Waals surface area contributed by atoms with Crippen LogP contribution < -0.4 is 10.6 Å². The zero-order valence-electron chi connectivity index (χ0n) is 17.8. The number of piperazine rings is 1. The lowest BCUT2D eigenvalue weighted by molar-refractivity contribution is 0.251. The van der Waals surface area contributed by atoms with Crippen LogP contribution in [-0.2, 0) is 6.54 Å². The Morgan fingerprint density at radius 1 is 0.871 bits per heavy atom. The Balaban J connectivity index is 1.03. The number of imidazole rings is 1. The second kappa shape index (κ2) is 9.24. The van der Waals surface area contributed by atoms with E-state index in [1.807, 2.05) is 28.8 Å². The second-order valence-corrected chi connectivity index (χ2v) is 9.15. The third-order valence-electron chi connectivity index (χ3n) is 6.32. The number of rotatable bonds is 8. The van der Waals surface area contributed by atoms with E-state index in [-0.39, 0.29) is 5.69 Å². The topological polar surface area (TPSA) is 57.2 Å². The van der Waals surface area contributed by atoms with E-state index in [0.717, 1.165) is 62.4 Å². The number of anilines is 1. The number of H-pyrrole nitrogens is 1. The van der Waals surface area contributed by atoms with Gasteiger partial charge in [0.2, 0.25) is 0 Å². The summed E-state index contributed by atoms with van der Waals surface area (Å²) < 4.78 is 7.85. The first-order chi connectivity index (χ1) is 15.3. The normalized spacial score (nSPS) is 15.3. The van der Waals surface area contributed by atoms with Crippen LogP contribution in [0.25, 0.3) is 21.1 Å². The first kappa shape index (κ1) is 20.3. The number of benzene rings is 2. The van der Waals surface area contributed by atoms with Gasteiger partial charge in [0.25, 0.3) is 0 Å². The molecule has 162 valence electrons. The molecule has 1 aliphatic rings. The van der Waals surface area contributed by atoms with Crippen molar-refractivity contribution >= 4 is 38.5 Å². The first-order valence-corrected chi connectivity index (χ1v) is 12.1. The molecular formula is C24H29N5OS. The van der Waals surface area contributed by atoms with Crippen LogP contribution in [0.5, 0.6) is 0 Å². The fraction of sp³-hybridized carbons (Fsp3) is 0.417. The number of hydrogen-bond acceptors (Lipinski definition) is 5. The van der Waals surface area contributed by atoms with Crippen molar-refractivity contribution in [2.45, 2.75) is 32.2 Å². The number of nitrogens with one attached hydrogen (secondary N) is 1. The van der Waals surface area contributed by atoms with Gasteiger partial charge in [-0.2, -0.15) is 4.37 Å². The van der Waals surface area contributed by atoms with Crippen LogP contribution in [0.2, 0.25) is 0 Å². The van der Waals surface area contributed by atoms with Gasteiger partial charge in [0.15, 0.2) is 0 Å². The van der Waals surface area contributed by atoms with Crippen molar-refractivity contribution in [1.29, 1.82) is 0 Å². The quantitative estimate of drug-likeness (QED) is 0.419. The van der Waals surface area contributed by atoms with Crippen LogP contribution in [0.3, 0.4) is 0 Å². The lowest BCUT2D eigenvalue weighted by Crippen LogP contribution is -2.46. The Morgan fingerprint density at radius 2 is 1.61 bits per heavy atom. The molecular weight excluding hydrogens is 406 g/mol. The molecule has 0 radical (unpaired) electrons. The molecule has 6 nitrogen and oxygen atoms in total. The third kappa shape index (κ3) is 4.38. The SMILES string of the molecule is O=c1[nH]c2ccccc2n1CCCCCCN1CCN(c2nsc3ccccc23)CC1. The van der Waals surface area contributed by atoms with Crippen molar-refractivity contribution in [3.8, 4) is 0 Å². The monoisotopic (exact) mass is 435 g/mol. The lowest BCUT2D eigenvalue weighted by Gasteiger charge is -2.35. The van der Waals surface area contributed by atoms with Crippen LogP contribution in [0, 0.1) is 0 Å². The predicted octanol–water partition coefficient (Wildman–Crippen LogP) is 4.32. The van der Waals surface area contributed by atoms with Gasteiger partial charge >= 0.3 is 5.69 Å². The summed E-state index contributed by atoms with van der Waals surface area (Å²) in [6, 6.07) is 16.5. The fourth-order valence-electron chi connectivity index (χ4n) is 4.57. The van der Waals surface area contributed by atoms with Crippen molar-refractivity contribution in [1.82, 2.24) is 18.8 Å². The highest BCUT2D eigenvalue weighted by Crippen LogP contribution is 2.29. The molecule has 0 aliphatic carbocycles. The smallest absolute Gasteiger partial charge is 0.326 e. The van der Waals surface area contributed by atoms with E-state index in [4.69, 9.17) is 4.37 Å². The molecule has 5 rings (SSSR count). The second-order valence-electron chi connectivity index (χ2n) is 8.34. The Kier molecular flexibility index (Phi) is 6.04. The van der Waals surface area contributed by atoms with Gasteiger partial charge in [0, 0.05) is 38.1 Å². The van der Waals surface area contributed by atoms with Crippen LogP contribution in [0.1, 0.15) is 25.7 Å². The standard InChI is InChI=1S/C24H29N5OS/c30-24-25-20-10-4-5-11-21(20)29(24)14-8-2-1-7-13-27-15-17-28(18-16-27)23-19-9-3-6-12-22(19)31-26-23/h3-6,9-12H,1-2,7-8,13-18H2,(H,25,30). The van der Waals surface area contributed by atoms with Crippen LogP contribution in [0.15, 0.2) is 53.3 Å². The molecule has 0 unspecified atom stereocenters. The van der Waals surface area contributed by atoms with Gasteiger partial charge < -0.3 is 9.88 Å². The summed E-state index contributed by atoms with van der Waals surface area (Å²) in [6.07, 6.45) is 4.65. The van der Waals surface area contributed by atoms with Gasteiger partial charge in [0.1, 0.15) is 5.82 Å². The maximum atomic E-state index is 12.1. The highest BCUT2D eigenvalue weighted by Gasteiger charge is 2.20. The minimum absolute atomic E-state index is 0.00645. The molecule has 1 fully saturated rings. The highest BCUT2D eigenvalue weighted by atomic mass is 32.1. The number of aromatic nitrogens is 3. The van der Waals surface area contributed by atoms with Gasteiger partial charge in [0.05, 0.1) is 15.7 Å². The van der Waals surface area contributed by atoms with E-state index in [2.05, 4.69) is 39.0 Å². The highest BCUT2D eigenvalue weighted by molar-refractivity contribution is 7.13. The minimum atomic E-state index is 0.00645. The van der Waals surface area contributed by atoms with E-state index in [1.54, 1.807) is 11.5 Å². The summed E-state index contributed by atoms with van der Waals surface area (Å²) in [4.78, 5) is 20.1. The van der Waals surface area contributed by atoms with Gasteiger partial charge in [-0.3, -0.25) is 9.47 Å². The van der Waals surface area contributed by atoms with Gasteiger partial charge in [-0.1, -0.05) is 37.1 Å². The summed E-state index contributed by atoms with van der Waals surface area (Å²) in [5.41, 5.74) is 1.95. The van der Waals surface area contributed by atoms with E-state index < -0.39 is 0 Å². The maximum Gasteiger partial charge on any atom is 0.326 e. The molecule has 0 bridgehead atoms. The molecule has 7 heteroatoms. The first-order valence-electron chi connectivity index (χ1n) is 11.3. The molecule has 0 amide bonds. The van der Waals surface area contributed by atoms with Crippen molar-refractivity contribution in [3.63, 3.8) is 0 Å². The Labute approximate surface area is 186 Å². The van der Waals surface area contributed by atoms with E-state index in [0.29, 0.717) is 0 Å². The van der Waals surface area contributed by atoms with Crippen LogP contribution >= 0.6 is 11.5 Å². The molecule has 2 aromatic heterocycles. The van der Waals surface area contributed by atoms with Crippen molar-refractivity contribution in [2.75, 3.05) is 37.6 Å². The number of aryl methyl sites for hydroxylation is 1. The van der Waals surface area contributed by atoms with Gasteiger partial charge in [-0.15, -0.1) is 0 Å². The van der Waals surface area contributed by atoms with E-state index in [9.17, 15) is 4.79 Å². The molecule has 0 atom stereocenters. The van der Waals surface area contributed by atoms with Crippen molar-refractivity contribution in [2.24, 2.45) is 0 Å². The van der Waals surface area contributed by atoms with Crippen LogP contribution in [0.4, 0.5) is 5.82 Å². The number of unbranched alkanes of at least 4 members (excludes halogenated alkanes) is 3. The third-order valence-corrected chi connectivity index (χ3v) is 7.13. The number of hydrogen-bond donors (Lipinski definition) is 1. The average Bonchev–Trinajstić information content (AvgIpc) is 3.37. The zero-order chi connectivity index (χ0) is 21.0. The summed E-state index contributed by atoms with van der Waals surface area (Å²) in [7, 11) is 0. The number of para-hydroxylation sites is 2. The molecule has 0 saturated carbocycles. The maximum absolute atomic E-state index is 12.1. The number of aromatic amines is 1. The van der Waals surface area contributed by atoms with Crippen molar-refractivity contribution in [3.05, 3.63) is 59.0 Å². The van der Waals surface area contributed by atoms with E-state index in [1.165, 1.54) is 29.5 Å². The zero-order valence-corrected chi connectivity index (χ0v) is 18.6. The summed E-state index contributed by atoms with van der Waals surface area (Å²) >= 11 is 1.60. The fourth-order valence-corrected chi connectivity index (χ4v) is 5.37. The number of nitrogens with zero attached hydrogens (tertiary/aromatic N) is 4. The molecule has 3 heterocycles. The lowest BCUT2D eigenvalue weighted by atomic mass is 10.1. The molecule has 2 aromatic carbocycles. The van der Waals surface area contributed by atoms with E-state index >= 15 is 0 Å².